The van der Waals surface area contributed by atoms with Crippen LogP contribution in [0, 0.1) is 28.6 Å². The maximum Gasteiger partial charge on any atom is 0.278 e. The number of allylic oxidation sites excluding steroid dienone is 3. The molecule has 2 aromatic rings. The van der Waals surface area contributed by atoms with Crippen LogP contribution >= 0.6 is 0 Å². The topological polar surface area (TPSA) is 76.8 Å². The number of benzene rings is 1. The largest absolute Gasteiger partial charge is 0.393 e. The predicted molar refractivity (Wildman–Crippen MR) is 140 cm³/mol. The lowest BCUT2D eigenvalue weighted by atomic mass is 9.47. The predicted octanol–water partition coefficient (Wildman–Crippen LogP) is 4.50. The molecule has 0 saturated heterocycles. The lowest BCUT2D eigenvalue weighted by Crippen LogP contribution is -2.63. The van der Waals surface area contributed by atoms with Gasteiger partial charge in [-0.15, -0.1) is 0 Å². The van der Waals surface area contributed by atoms with E-state index in [2.05, 4.69) is 12.0 Å². The molecule has 7 nitrogen and oxygen atoms in total. The summed E-state index contributed by atoms with van der Waals surface area (Å²) in [5, 5.41) is 17.7. The number of aliphatic hydroxyl groups is 1. The van der Waals surface area contributed by atoms with Crippen LogP contribution in [0.25, 0.3) is 11.8 Å². The first-order chi connectivity index (χ1) is 18.1. The van der Waals surface area contributed by atoms with Gasteiger partial charge in [0.15, 0.2) is 5.60 Å². The molecule has 0 radical (unpaired) electrons. The minimum Gasteiger partial charge on any atom is -0.393 e. The molecule has 4 aliphatic carbocycles. The van der Waals surface area contributed by atoms with E-state index in [1.807, 2.05) is 54.2 Å². The number of fused-ring (bicyclic) bond motifs is 6. The van der Waals surface area contributed by atoms with Crippen molar-refractivity contribution in [2.75, 3.05) is 21.3 Å². The maximum atomic E-state index is 16.1. The second kappa shape index (κ2) is 8.60. The smallest absolute Gasteiger partial charge is 0.278 e. The molecule has 8 heteroatoms. The second-order valence-electron chi connectivity index (χ2n) is 11.9. The summed E-state index contributed by atoms with van der Waals surface area (Å²) in [4.78, 5) is 18.8. The van der Waals surface area contributed by atoms with E-state index in [1.165, 1.54) is 12.2 Å². The van der Waals surface area contributed by atoms with E-state index in [9.17, 15) is 9.90 Å². The second-order valence-corrected chi connectivity index (χ2v) is 11.9. The third-order valence-electron chi connectivity index (χ3n) is 10.4. The number of carbonyl (C=O) groups is 1. The van der Waals surface area contributed by atoms with Crippen LogP contribution < -0.4 is 0 Å². The number of nitrogens with zero attached hydrogens (tertiary/aromatic N) is 3. The highest BCUT2D eigenvalue weighted by Crippen LogP contribution is 2.68. The van der Waals surface area contributed by atoms with Gasteiger partial charge < -0.3 is 9.84 Å². The third kappa shape index (κ3) is 3.17. The summed E-state index contributed by atoms with van der Waals surface area (Å²) in [6, 6.07) is 9.85. The molecular formula is C30H36FN3O4. The summed E-state index contributed by atoms with van der Waals surface area (Å²) >= 11 is 0. The number of methoxy groups -OCH3 is 1. The number of ether oxygens (including phenoxy) is 1. The number of halogens is 1. The van der Waals surface area contributed by atoms with Crippen LogP contribution in [0.2, 0.25) is 0 Å². The lowest BCUT2D eigenvalue weighted by Gasteiger charge is -2.59. The van der Waals surface area contributed by atoms with Crippen LogP contribution in [0.1, 0.15) is 44.4 Å². The first kappa shape index (κ1) is 25.5. The van der Waals surface area contributed by atoms with E-state index >= 15 is 4.39 Å². The molecule has 1 heterocycles. The number of hydroxylamine groups is 2. The summed E-state index contributed by atoms with van der Waals surface area (Å²) in [7, 11) is 4.59. The number of rotatable bonds is 4. The summed E-state index contributed by atoms with van der Waals surface area (Å²) in [5.74, 6) is -0.952. The number of hydrogen-bond donors (Lipinski definition) is 1. The molecule has 4 aliphatic rings. The number of carbonyl (C=O) groups excluding carboxylic acids is 1. The molecular weight excluding hydrogens is 485 g/mol. The Kier molecular flexibility index (Phi) is 5.76. The number of aromatic nitrogens is 2. The molecule has 38 heavy (non-hydrogen) atoms. The minimum atomic E-state index is -1.15. The summed E-state index contributed by atoms with van der Waals surface area (Å²) < 4.78 is 24.0. The molecule has 202 valence electrons. The van der Waals surface area contributed by atoms with Crippen molar-refractivity contribution in [3.8, 4) is 5.69 Å². The zero-order chi connectivity index (χ0) is 27.0. The van der Waals surface area contributed by atoms with E-state index in [-0.39, 0.29) is 29.5 Å². The Hall–Kier alpha value is -2.81. The fourth-order valence-electron chi connectivity index (χ4n) is 8.59. The molecule has 6 rings (SSSR count). The quantitative estimate of drug-likeness (QED) is 0.600. The highest BCUT2D eigenvalue weighted by molar-refractivity contribution is 5.86. The van der Waals surface area contributed by atoms with E-state index in [1.54, 1.807) is 20.2 Å². The first-order valence-electron chi connectivity index (χ1n) is 13.4. The monoisotopic (exact) mass is 521 g/mol. The normalized spacial score (nSPS) is 37.3. The minimum absolute atomic E-state index is 0.0254. The van der Waals surface area contributed by atoms with Gasteiger partial charge in [0, 0.05) is 30.9 Å². The molecule has 1 aromatic carbocycles. The van der Waals surface area contributed by atoms with Crippen LogP contribution in [0.3, 0.4) is 0 Å². The molecule has 1 N–H and O–H groups in total. The number of aliphatic hydroxyl groups excluding tert-OH is 1. The van der Waals surface area contributed by atoms with Gasteiger partial charge in [-0.2, -0.15) is 5.10 Å². The van der Waals surface area contributed by atoms with Gasteiger partial charge in [-0.3, -0.25) is 9.63 Å². The highest BCUT2D eigenvalue weighted by atomic mass is 19.1. The molecule has 0 bridgehead atoms. The van der Waals surface area contributed by atoms with E-state index < -0.39 is 22.5 Å². The number of para-hydroxylation sites is 1. The molecule has 6 unspecified atom stereocenters. The van der Waals surface area contributed by atoms with Crippen LogP contribution in [0.4, 0.5) is 4.39 Å². The van der Waals surface area contributed by atoms with Crippen LogP contribution in [0.5, 0.6) is 0 Å². The van der Waals surface area contributed by atoms with Crippen molar-refractivity contribution in [2.45, 2.75) is 51.2 Å². The average Bonchev–Trinajstić information content (AvgIpc) is 3.44. The van der Waals surface area contributed by atoms with E-state index in [0.717, 1.165) is 16.9 Å². The van der Waals surface area contributed by atoms with Crippen molar-refractivity contribution >= 4 is 12.0 Å². The van der Waals surface area contributed by atoms with Crippen LogP contribution in [0.15, 0.2) is 54.0 Å². The standard InChI is InChI=1S/C30H36FN3O4/c1-28-15-18-17-32-34(19-9-7-6-8-10-19)24(18)14-22(28)23(31)13-20-21-11-12-30(37-4,27(36)33(3)38-5)29(21,2)16-25(35)26(20)28/h6-10,13-14,17,20-21,25-26,35H,11-12,15-16H2,1-5H3/t20?,21?,25?,26?,28?,29?,30-/m0/s1. The molecule has 7 atom stereocenters. The molecule has 0 aliphatic heterocycles. The summed E-state index contributed by atoms with van der Waals surface area (Å²) in [6.07, 6.45) is 6.96. The Bertz CT molecular complexity index is 1340. The zero-order valence-electron chi connectivity index (χ0n) is 22.6. The maximum absolute atomic E-state index is 16.1. The van der Waals surface area contributed by atoms with Gasteiger partial charge in [0.1, 0.15) is 5.83 Å². The fraction of sp³-hybridized carbons (Fsp3) is 0.533. The van der Waals surface area contributed by atoms with Crippen molar-refractivity contribution in [1.82, 2.24) is 14.8 Å². The van der Waals surface area contributed by atoms with E-state index in [0.29, 0.717) is 31.3 Å². The van der Waals surface area contributed by atoms with Crippen molar-refractivity contribution in [3.05, 3.63) is 65.3 Å². The SMILES string of the molecule is CON(C)C(=O)[C@@]1(OC)CCC2C3C=C(F)C4=Cc5c(cnn5-c5ccccc5)CC4(C)C3C(O)CC21C. The van der Waals surface area contributed by atoms with Gasteiger partial charge in [-0.05, 0) is 72.9 Å². The van der Waals surface area contributed by atoms with Gasteiger partial charge in [-0.1, -0.05) is 32.0 Å². The van der Waals surface area contributed by atoms with Gasteiger partial charge in [0.25, 0.3) is 5.91 Å². The molecule has 0 spiro atoms. The van der Waals surface area contributed by atoms with Crippen LogP contribution in [-0.2, 0) is 20.8 Å². The van der Waals surface area contributed by atoms with Crippen molar-refractivity contribution in [3.63, 3.8) is 0 Å². The average molecular weight is 522 g/mol. The van der Waals surface area contributed by atoms with Gasteiger partial charge in [0.2, 0.25) is 0 Å². The third-order valence-corrected chi connectivity index (χ3v) is 10.4. The van der Waals surface area contributed by atoms with E-state index in [4.69, 9.17) is 9.57 Å². The Morgan fingerprint density at radius 2 is 1.97 bits per heavy atom. The fourth-order valence-corrected chi connectivity index (χ4v) is 8.59. The Morgan fingerprint density at radius 1 is 1.24 bits per heavy atom. The van der Waals surface area contributed by atoms with Gasteiger partial charge in [0.05, 0.1) is 30.8 Å². The zero-order valence-corrected chi connectivity index (χ0v) is 22.6. The number of likely N-dealkylation sites (N-methyl/N-ethyl adjacent to an activating group) is 1. The summed E-state index contributed by atoms with van der Waals surface area (Å²) in [6.45, 7) is 4.11. The van der Waals surface area contributed by atoms with Crippen molar-refractivity contribution in [2.24, 2.45) is 28.6 Å². The Morgan fingerprint density at radius 3 is 2.66 bits per heavy atom. The number of amides is 1. The molecule has 1 aromatic heterocycles. The van der Waals surface area contributed by atoms with Gasteiger partial charge in [-0.25, -0.2) is 14.1 Å². The first-order valence-corrected chi connectivity index (χ1v) is 13.4. The highest BCUT2D eigenvalue weighted by Gasteiger charge is 2.70. The molecule has 1 amide bonds. The Labute approximate surface area is 222 Å². The van der Waals surface area contributed by atoms with Crippen molar-refractivity contribution in [1.29, 1.82) is 0 Å². The number of hydrogen-bond acceptors (Lipinski definition) is 5. The van der Waals surface area contributed by atoms with Gasteiger partial charge >= 0.3 is 0 Å². The summed E-state index contributed by atoms with van der Waals surface area (Å²) in [5.41, 5.74) is 1.04. The molecule has 2 fully saturated rings. The molecule has 2 saturated carbocycles. The van der Waals surface area contributed by atoms with Crippen LogP contribution in [-0.4, -0.2) is 58.8 Å². The van der Waals surface area contributed by atoms with Crippen molar-refractivity contribution < 1.29 is 23.9 Å². The lowest BCUT2D eigenvalue weighted by molar-refractivity contribution is -0.216. The Balaban J connectivity index is 1.43.